The fraction of sp³-hybridized carbons (Fsp3) is 0.440. The Morgan fingerprint density at radius 2 is 1.48 bits per heavy atom. The third-order valence-electron chi connectivity index (χ3n) is 12.0. The quantitative estimate of drug-likeness (QED) is 0.0800. The number of fused-ring (bicyclic) bond motifs is 3. The van der Waals surface area contributed by atoms with Gasteiger partial charge in [0.2, 0.25) is 0 Å². The number of thiophene rings is 2. The van der Waals surface area contributed by atoms with Crippen LogP contribution >= 0.6 is 22.7 Å². The topological polar surface area (TPSA) is 50.2 Å². The van der Waals surface area contributed by atoms with Gasteiger partial charge in [0.15, 0.2) is 5.78 Å². The van der Waals surface area contributed by atoms with E-state index in [0.717, 1.165) is 54.3 Å². The average Bonchev–Trinajstić information content (AvgIpc) is 3.69. The number of rotatable bonds is 11. The van der Waals surface area contributed by atoms with E-state index in [4.69, 9.17) is 4.98 Å². The molecule has 3 nitrogen and oxygen atoms in total. The van der Waals surface area contributed by atoms with Crippen molar-refractivity contribution in [3.63, 3.8) is 0 Å². The molecule has 3 aromatic carbocycles. The summed E-state index contributed by atoms with van der Waals surface area (Å²) >= 11 is 3.77. The first-order chi connectivity index (χ1) is 25.9. The molecule has 0 saturated heterocycles. The standard InChI is InChI=1S/C35H34NS2.C15H28O2.Ir/c1-20(2)14-28-22(4)38-33-18-24(12-13-27(28)33)29-19-31(36-32-15-21(3)37-34(29)32)25-16-23-10-8-9-11-26(23)30(17-25)35(5,6)7;1-7-14(5,8-2)12(16)11-13(17)15(6,9-3)10-4;/h8-13,15,17-20H,14H2,1-7H3;11,16H,7-10H2,1-6H3;/q-1;;/b;12-11-;. The van der Waals surface area contributed by atoms with Crippen LogP contribution in [0.15, 0.2) is 72.5 Å². The maximum absolute atomic E-state index is 12.2. The van der Waals surface area contributed by atoms with Crippen LogP contribution in [0.5, 0.6) is 0 Å². The zero-order valence-electron chi connectivity index (χ0n) is 35.9. The smallest absolute Gasteiger partial charge is 0.164 e. The van der Waals surface area contributed by atoms with Gasteiger partial charge >= 0.3 is 0 Å². The number of carbonyl (C=O) groups excluding carboxylic acids is 1. The molecule has 0 spiro atoms. The number of pyridine rings is 1. The van der Waals surface area contributed by atoms with Gasteiger partial charge in [-0.3, -0.25) is 9.78 Å². The molecule has 3 aromatic heterocycles. The van der Waals surface area contributed by atoms with E-state index in [-0.39, 0.29) is 47.9 Å². The Balaban J connectivity index is 0.000000330. The van der Waals surface area contributed by atoms with Crippen molar-refractivity contribution in [3.8, 4) is 22.4 Å². The number of aliphatic hydroxyl groups is 1. The van der Waals surface area contributed by atoms with Crippen LogP contribution in [-0.2, 0) is 36.7 Å². The van der Waals surface area contributed by atoms with Crippen molar-refractivity contribution in [3.05, 3.63) is 99.4 Å². The van der Waals surface area contributed by atoms with Crippen molar-refractivity contribution in [2.75, 3.05) is 0 Å². The second-order valence-corrected chi connectivity index (χ2v) is 19.9. The van der Waals surface area contributed by atoms with Crippen LogP contribution in [-0.4, -0.2) is 15.9 Å². The molecule has 6 rings (SSSR count). The summed E-state index contributed by atoms with van der Waals surface area (Å²) in [6, 6.07) is 26.2. The minimum absolute atomic E-state index is 0. The molecule has 0 amide bonds. The van der Waals surface area contributed by atoms with E-state index in [2.05, 4.69) is 115 Å². The molecule has 1 radical (unpaired) electrons. The largest absolute Gasteiger partial charge is 0.512 e. The summed E-state index contributed by atoms with van der Waals surface area (Å²) in [6.45, 7) is 28.0. The first kappa shape index (κ1) is 45.6. The predicted molar refractivity (Wildman–Crippen MR) is 242 cm³/mol. The van der Waals surface area contributed by atoms with E-state index in [1.807, 2.05) is 64.2 Å². The van der Waals surface area contributed by atoms with Gasteiger partial charge in [-0.15, -0.1) is 51.8 Å². The molecule has 6 aromatic rings. The van der Waals surface area contributed by atoms with E-state index in [0.29, 0.717) is 5.92 Å². The van der Waals surface area contributed by atoms with Crippen molar-refractivity contribution in [2.24, 2.45) is 16.7 Å². The third-order valence-corrected chi connectivity index (χ3v) is 14.2. The molecule has 0 aliphatic heterocycles. The van der Waals surface area contributed by atoms with Gasteiger partial charge in [-0.2, -0.15) is 0 Å². The van der Waals surface area contributed by atoms with E-state index in [9.17, 15) is 9.90 Å². The molecule has 3 heterocycles. The number of hydrogen-bond donors (Lipinski definition) is 1. The van der Waals surface area contributed by atoms with Crippen molar-refractivity contribution in [1.82, 2.24) is 4.98 Å². The Hall–Kier alpha value is -3.15. The number of nitrogens with zero attached hydrogens (tertiary/aromatic N) is 1. The van der Waals surface area contributed by atoms with Gasteiger partial charge in [0.1, 0.15) is 5.76 Å². The first-order valence-corrected chi connectivity index (χ1v) is 21.9. The number of aliphatic hydroxyl groups excluding tert-OH is 1. The van der Waals surface area contributed by atoms with E-state index in [1.165, 1.54) is 58.3 Å². The van der Waals surface area contributed by atoms with Gasteiger partial charge in [0, 0.05) is 57.2 Å². The Labute approximate surface area is 358 Å². The van der Waals surface area contributed by atoms with E-state index in [1.54, 1.807) is 0 Å². The SMILES string of the molecule is CCC(C)(CC)C(=O)/C=C(\O)C(C)(CC)CC.Cc1cc2nc(-c3[c-]c4ccccc4c(C(C)(C)C)c3)cc(-c3ccc4c(CC(C)C)c(C)sc4c3)c2s1.[Ir]. The maximum atomic E-state index is 12.2. The monoisotopic (exact) mass is 965 g/mol. The summed E-state index contributed by atoms with van der Waals surface area (Å²) in [7, 11) is 0. The summed E-state index contributed by atoms with van der Waals surface area (Å²) < 4.78 is 2.64. The number of benzene rings is 3. The third kappa shape index (κ3) is 9.58. The number of aromatic nitrogens is 1. The summed E-state index contributed by atoms with van der Waals surface area (Å²) in [5.74, 6) is 0.938. The first-order valence-electron chi connectivity index (χ1n) is 20.2. The second-order valence-electron chi connectivity index (χ2n) is 17.4. The predicted octanol–water partition coefficient (Wildman–Crippen LogP) is 15.6. The van der Waals surface area contributed by atoms with Crippen molar-refractivity contribution >= 4 is 59.5 Å². The molecule has 0 aliphatic rings. The fourth-order valence-electron chi connectivity index (χ4n) is 7.27. The van der Waals surface area contributed by atoms with Crippen molar-refractivity contribution in [1.29, 1.82) is 0 Å². The van der Waals surface area contributed by atoms with Crippen LogP contribution < -0.4 is 0 Å². The summed E-state index contributed by atoms with van der Waals surface area (Å²) in [6.07, 6.45) is 5.89. The van der Waals surface area contributed by atoms with E-state index < -0.39 is 0 Å². The molecule has 0 saturated carbocycles. The molecular formula is C50H62IrNO2S2-. The zero-order valence-corrected chi connectivity index (χ0v) is 39.9. The normalized spacial score (nSPS) is 12.6. The Bertz CT molecular complexity index is 2340. The molecule has 0 atom stereocenters. The molecule has 6 heteroatoms. The van der Waals surface area contributed by atoms with Gasteiger partial charge in [-0.1, -0.05) is 124 Å². The zero-order chi connectivity index (χ0) is 40.5. The van der Waals surface area contributed by atoms with Crippen LogP contribution in [0.2, 0.25) is 0 Å². The molecule has 0 unspecified atom stereocenters. The van der Waals surface area contributed by atoms with Gasteiger partial charge in [0.25, 0.3) is 0 Å². The van der Waals surface area contributed by atoms with Gasteiger partial charge in [0.05, 0.1) is 10.2 Å². The molecule has 0 fully saturated rings. The molecule has 0 bridgehead atoms. The van der Waals surface area contributed by atoms with Crippen LogP contribution in [0.3, 0.4) is 0 Å². The number of aryl methyl sites for hydroxylation is 2. The minimum atomic E-state index is -0.337. The van der Waals surface area contributed by atoms with Crippen LogP contribution in [0.25, 0.3) is 53.5 Å². The Morgan fingerprint density at radius 1 is 0.839 bits per heavy atom. The second kappa shape index (κ2) is 18.2. The summed E-state index contributed by atoms with van der Waals surface area (Å²) in [5, 5.41) is 14.0. The fourth-order valence-corrected chi connectivity index (χ4v) is 9.39. The van der Waals surface area contributed by atoms with Crippen LogP contribution in [0.1, 0.15) is 123 Å². The van der Waals surface area contributed by atoms with Gasteiger partial charge < -0.3 is 5.11 Å². The number of allylic oxidation sites excluding steroid dienone is 2. The number of ketones is 1. The maximum Gasteiger partial charge on any atom is 0.164 e. The molecular weight excluding hydrogens is 903 g/mol. The van der Waals surface area contributed by atoms with Crippen molar-refractivity contribution in [2.45, 2.75) is 128 Å². The summed E-state index contributed by atoms with van der Waals surface area (Å²) in [4.78, 5) is 20.1. The Kier molecular flexibility index (Phi) is 14.8. The minimum Gasteiger partial charge on any atom is -0.512 e. The number of carbonyl (C=O) groups is 1. The van der Waals surface area contributed by atoms with Crippen LogP contribution in [0, 0.1) is 36.7 Å². The number of hydrogen-bond acceptors (Lipinski definition) is 5. The molecule has 56 heavy (non-hydrogen) atoms. The molecule has 301 valence electrons. The summed E-state index contributed by atoms with van der Waals surface area (Å²) in [5.41, 5.74) is 7.92. The average molecular weight is 965 g/mol. The van der Waals surface area contributed by atoms with Crippen molar-refractivity contribution < 1.29 is 30.0 Å². The van der Waals surface area contributed by atoms with Gasteiger partial charge in [-0.25, -0.2) is 0 Å². The Morgan fingerprint density at radius 3 is 2.09 bits per heavy atom. The van der Waals surface area contributed by atoms with Gasteiger partial charge in [-0.05, 0) is 91.5 Å². The van der Waals surface area contributed by atoms with Crippen LogP contribution in [0.4, 0.5) is 0 Å². The molecule has 1 N–H and O–H groups in total. The van der Waals surface area contributed by atoms with E-state index >= 15 is 0 Å². The molecule has 0 aliphatic carbocycles.